The molecule has 9 aromatic carbocycles. The van der Waals surface area contributed by atoms with Crippen LogP contribution in [0.25, 0.3) is 61.3 Å². The van der Waals surface area contributed by atoms with Gasteiger partial charge in [-0.15, -0.1) is 0 Å². The number of furan rings is 2. The molecule has 0 atom stereocenters. The lowest BCUT2D eigenvalue weighted by Crippen LogP contribution is -2.36. The molecule has 1 aliphatic carbocycles. The Hall–Kier alpha value is -9.06. The van der Waals surface area contributed by atoms with E-state index in [1.54, 1.807) is 0 Å². The summed E-state index contributed by atoms with van der Waals surface area (Å²) in [5.41, 5.74) is 18.3. The molecule has 5 heteroatoms. The first-order chi connectivity index (χ1) is 33.7. The lowest BCUT2D eigenvalue weighted by Gasteiger charge is -2.44. The molecule has 0 saturated heterocycles. The molecule has 0 unspecified atom stereocenters. The topological polar surface area (TPSA) is 37.7 Å². The Morgan fingerprint density at radius 2 is 0.882 bits per heavy atom. The lowest BCUT2D eigenvalue weighted by atomic mass is 9.65. The van der Waals surface area contributed by atoms with Crippen LogP contribution in [0.2, 0.25) is 0 Å². The fourth-order valence-electron chi connectivity index (χ4n) is 11.3. The number of benzene rings is 9. The molecule has 2 aliphatic rings. The number of para-hydroxylation sites is 3. The van der Waals surface area contributed by atoms with Gasteiger partial charge in [-0.05, 0) is 124 Å². The van der Waals surface area contributed by atoms with Crippen LogP contribution in [0, 0.1) is 0 Å². The summed E-state index contributed by atoms with van der Waals surface area (Å²) in [7, 11) is 0. The van der Waals surface area contributed by atoms with Gasteiger partial charge in [0.15, 0.2) is 11.5 Å². The summed E-state index contributed by atoms with van der Waals surface area (Å²) in [6.07, 6.45) is 3.62. The minimum Gasteiger partial charge on any atom is -0.461 e. The van der Waals surface area contributed by atoms with E-state index in [-0.39, 0.29) is 0 Å². The summed E-state index contributed by atoms with van der Waals surface area (Å²) < 4.78 is 15.1. The molecule has 12 aromatic rings. The molecule has 3 aromatic heterocycles. The van der Waals surface area contributed by atoms with Crippen LogP contribution < -0.4 is 9.80 Å². The van der Waals surface area contributed by atoms with Crippen LogP contribution in [0.15, 0.2) is 258 Å². The molecule has 1 aliphatic heterocycles. The van der Waals surface area contributed by atoms with Gasteiger partial charge in [0.05, 0.1) is 40.3 Å². The number of anilines is 6. The largest absolute Gasteiger partial charge is 0.461 e. The van der Waals surface area contributed by atoms with Gasteiger partial charge in [-0.2, -0.15) is 0 Å². The van der Waals surface area contributed by atoms with E-state index < -0.39 is 5.41 Å². The Bertz CT molecular complexity index is 3720. The zero-order chi connectivity index (χ0) is 44.8. The summed E-state index contributed by atoms with van der Waals surface area (Å²) in [6.45, 7) is 0. The van der Waals surface area contributed by atoms with Crippen molar-refractivity contribution in [2.24, 2.45) is 0 Å². The van der Waals surface area contributed by atoms with E-state index in [1.165, 1.54) is 33.0 Å². The number of hydrogen-bond donors (Lipinski definition) is 0. The number of aromatic nitrogens is 1. The van der Waals surface area contributed by atoms with E-state index in [0.717, 1.165) is 84.6 Å². The van der Waals surface area contributed by atoms with Crippen molar-refractivity contribution >= 4 is 55.9 Å². The molecule has 0 fully saturated rings. The minimum atomic E-state index is -0.706. The number of hydrogen-bond acceptors (Lipinski definition) is 4. The highest BCUT2D eigenvalue weighted by Crippen LogP contribution is 2.64. The van der Waals surface area contributed by atoms with Crippen molar-refractivity contribution in [2.75, 3.05) is 9.80 Å². The maximum absolute atomic E-state index is 6.32. The van der Waals surface area contributed by atoms with Crippen LogP contribution >= 0.6 is 0 Å². The van der Waals surface area contributed by atoms with Gasteiger partial charge in [0.25, 0.3) is 0 Å². The molecule has 0 amide bonds. The van der Waals surface area contributed by atoms with Gasteiger partial charge in [-0.25, -0.2) is 0 Å². The van der Waals surface area contributed by atoms with Gasteiger partial charge < -0.3 is 23.2 Å². The van der Waals surface area contributed by atoms with Gasteiger partial charge in [0.2, 0.25) is 0 Å². The zero-order valence-electron chi connectivity index (χ0n) is 36.8. The third-order valence-electron chi connectivity index (χ3n) is 14.2. The number of rotatable bonds is 7. The Labute approximate surface area is 393 Å². The first kappa shape index (κ1) is 38.2. The van der Waals surface area contributed by atoms with Crippen molar-refractivity contribution < 1.29 is 8.83 Å². The molecular formula is C63H41N3O2. The van der Waals surface area contributed by atoms with E-state index >= 15 is 0 Å². The van der Waals surface area contributed by atoms with Crippen molar-refractivity contribution in [3.8, 4) is 39.5 Å². The monoisotopic (exact) mass is 871 g/mol. The summed E-state index contributed by atoms with van der Waals surface area (Å²) in [6, 6.07) is 85.5. The van der Waals surface area contributed by atoms with Crippen LogP contribution in [-0.2, 0) is 5.41 Å². The summed E-state index contributed by atoms with van der Waals surface area (Å²) in [5, 5.41) is 2.38. The molecule has 68 heavy (non-hydrogen) atoms. The van der Waals surface area contributed by atoms with E-state index in [1.807, 2.05) is 12.5 Å². The number of fused-ring (bicyclic) bond motifs is 12. The van der Waals surface area contributed by atoms with Crippen LogP contribution in [-0.4, -0.2) is 4.57 Å². The average molecular weight is 872 g/mol. The molecule has 320 valence electrons. The second-order valence-electron chi connectivity index (χ2n) is 17.7. The Balaban J connectivity index is 1.01. The lowest BCUT2D eigenvalue weighted by molar-refractivity contribution is 0.525. The molecule has 0 N–H and O–H groups in total. The standard InChI is InChI=1S/C63H41N3O2/c1-4-15-42(16-5-1)44-27-31-47(32-28-44)64(48-33-29-45(30-34-48)43-17-6-2-7-18-43)49-21-14-22-50(39-49)66-58-26-13-11-24-53(58)63(54-35-37-67-61(54)62-55(63)36-38-68-62)56-40-52-51-23-10-12-25-57(51)65(59(52)41-60(56)66)46-19-8-3-9-20-46/h1-41H. The molecular weight excluding hydrogens is 831 g/mol. The molecule has 0 saturated carbocycles. The van der Waals surface area contributed by atoms with Crippen molar-refractivity contribution in [3.63, 3.8) is 0 Å². The van der Waals surface area contributed by atoms with E-state index in [4.69, 9.17) is 8.83 Å². The third-order valence-corrected chi connectivity index (χ3v) is 14.2. The van der Waals surface area contributed by atoms with Gasteiger partial charge in [0.1, 0.15) is 0 Å². The average Bonchev–Trinajstić information content (AvgIpc) is 4.21. The maximum Gasteiger partial charge on any atom is 0.174 e. The van der Waals surface area contributed by atoms with Crippen molar-refractivity contribution in [2.45, 2.75) is 5.41 Å². The van der Waals surface area contributed by atoms with Gasteiger partial charge in [-0.3, -0.25) is 0 Å². The first-order valence-corrected chi connectivity index (χ1v) is 23.1. The fourth-order valence-corrected chi connectivity index (χ4v) is 11.3. The van der Waals surface area contributed by atoms with E-state index in [9.17, 15) is 0 Å². The van der Waals surface area contributed by atoms with Gasteiger partial charge >= 0.3 is 0 Å². The quantitative estimate of drug-likeness (QED) is 0.160. The van der Waals surface area contributed by atoms with Crippen LogP contribution in [0.5, 0.6) is 0 Å². The van der Waals surface area contributed by atoms with E-state index in [2.05, 4.69) is 251 Å². The minimum absolute atomic E-state index is 0.706. The number of nitrogens with zero attached hydrogens (tertiary/aromatic N) is 3. The maximum atomic E-state index is 6.32. The van der Waals surface area contributed by atoms with Crippen molar-refractivity contribution in [1.29, 1.82) is 0 Å². The molecule has 0 radical (unpaired) electrons. The highest BCUT2D eigenvalue weighted by molar-refractivity contribution is 6.12. The SMILES string of the molecule is c1ccc(-c2ccc(N(c3ccc(-c4ccccc4)cc3)c3cccc(N4c5ccccc5C5(c6cc7c8ccccc8n(-c8ccccc8)c7cc64)c4ccoc4-c4occc45)c3)cc2)cc1. The van der Waals surface area contributed by atoms with Gasteiger partial charge in [-0.1, -0.05) is 146 Å². The fraction of sp³-hybridized carbons (Fsp3) is 0.0159. The van der Waals surface area contributed by atoms with Crippen LogP contribution in [0.4, 0.5) is 34.1 Å². The Morgan fingerprint density at radius 1 is 0.338 bits per heavy atom. The van der Waals surface area contributed by atoms with Crippen molar-refractivity contribution in [1.82, 2.24) is 4.57 Å². The second-order valence-corrected chi connectivity index (χ2v) is 17.7. The highest BCUT2D eigenvalue weighted by Gasteiger charge is 2.55. The van der Waals surface area contributed by atoms with Crippen molar-refractivity contribution in [3.05, 3.63) is 271 Å². The molecule has 14 rings (SSSR count). The predicted molar refractivity (Wildman–Crippen MR) is 276 cm³/mol. The normalized spacial score (nSPS) is 13.1. The van der Waals surface area contributed by atoms with E-state index in [0.29, 0.717) is 0 Å². The Morgan fingerprint density at radius 3 is 1.53 bits per heavy atom. The highest BCUT2D eigenvalue weighted by atomic mass is 16.4. The third kappa shape index (κ3) is 5.56. The van der Waals surface area contributed by atoms with Gasteiger partial charge in [0, 0.05) is 50.3 Å². The smallest absolute Gasteiger partial charge is 0.174 e. The molecule has 4 heterocycles. The summed E-state index contributed by atoms with van der Waals surface area (Å²) >= 11 is 0. The molecule has 5 nitrogen and oxygen atoms in total. The molecule has 0 bridgehead atoms. The summed E-state index contributed by atoms with van der Waals surface area (Å²) in [5.74, 6) is 1.56. The molecule has 1 spiro atoms. The van der Waals surface area contributed by atoms with Crippen LogP contribution in [0.1, 0.15) is 22.3 Å². The first-order valence-electron chi connectivity index (χ1n) is 23.1. The predicted octanol–water partition coefficient (Wildman–Crippen LogP) is 16.9. The summed E-state index contributed by atoms with van der Waals surface area (Å²) in [4.78, 5) is 4.84. The second kappa shape index (κ2) is 15.0. The zero-order valence-corrected chi connectivity index (χ0v) is 36.8. The Kier molecular flexibility index (Phi) is 8.43. The van der Waals surface area contributed by atoms with Crippen LogP contribution in [0.3, 0.4) is 0 Å².